The molecule has 4 aromatic carbocycles. The van der Waals surface area contributed by atoms with Crippen LogP contribution in [0, 0.1) is 0 Å². The highest BCUT2D eigenvalue weighted by atomic mass is 16.5. The Hall–Kier alpha value is -4.76. The summed E-state index contributed by atoms with van der Waals surface area (Å²) < 4.78 is 8.28. The van der Waals surface area contributed by atoms with E-state index in [-0.39, 0.29) is 18.6 Å². The monoisotopic (exact) mass is 728 g/mol. The molecule has 0 spiro atoms. The Morgan fingerprint density at radius 3 is 2.67 bits per heavy atom. The van der Waals surface area contributed by atoms with Crippen LogP contribution < -0.4 is 24.8 Å². The van der Waals surface area contributed by atoms with Crippen molar-refractivity contribution in [1.82, 2.24) is 15.5 Å². The number of para-hydroxylation sites is 1. The van der Waals surface area contributed by atoms with Gasteiger partial charge in [-0.3, -0.25) is 4.79 Å². The Bertz CT molecular complexity index is 2000. The number of nitrogens with one attached hydrogen (secondary N) is 2. The van der Waals surface area contributed by atoms with Crippen LogP contribution in [0.4, 0.5) is 5.69 Å². The molecule has 284 valence electrons. The summed E-state index contributed by atoms with van der Waals surface area (Å²) in [6.07, 6.45) is 11.7. The minimum Gasteiger partial charge on any atom is -0.490 e. The van der Waals surface area contributed by atoms with Gasteiger partial charge in [0.15, 0.2) is 6.20 Å². The molecule has 0 saturated carbocycles. The van der Waals surface area contributed by atoms with Gasteiger partial charge in [-0.05, 0) is 99.6 Å². The van der Waals surface area contributed by atoms with Crippen molar-refractivity contribution in [3.05, 3.63) is 114 Å². The van der Waals surface area contributed by atoms with Crippen molar-refractivity contribution in [2.75, 3.05) is 58.3 Å². The first-order valence-electron chi connectivity index (χ1n) is 19.7. The molecule has 54 heavy (non-hydrogen) atoms. The smallest absolute Gasteiger partial charge is 0.221 e. The Kier molecular flexibility index (Phi) is 14.1. The number of carbonyl (C=O) groups is 1. The second kappa shape index (κ2) is 19.5. The lowest BCUT2D eigenvalue weighted by Crippen LogP contribution is -2.37. The first-order chi connectivity index (χ1) is 26.3. The molecule has 1 amide bonds. The number of aryl methyl sites for hydroxylation is 2. The van der Waals surface area contributed by atoms with E-state index in [9.17, 15) is 9.90 Å². The van der Waals surface area contributed by atoms with E-state index in [0.717, 1.165) is 81.3 Å². The quantitative estimate of drug-likeness (QED) is 0.0638. The van der Waals surface area contributed by atoms with Crippen molar-refractivity contribution < 1.29 is 19.2 Å². The lowest BCUT2D eigenvalue weighted by Gasteiger charge is -2.31. The van der Waals surface area contributed by atoms with Crippen molar-refractivity contribution in [3.8, 4) is 5.75 Å². The summed E-state index contributed by atoms with van der Waals surface area (Å²) in [7, 11) is 4.17. The van der Waals surface area contributed by atoms with Gasteiger partial charge in [0, 0.05) is 68.3 Å². The van der Waals surface area contributed by atoms with Crippen molar-refractivity contribution in [2.24, 2.45) is 0 Å². The van der Waals surface area contributed by atoms with E-state index in [4.69, 9.17) is 4.74 Å². The van der Waals surface area contributed by atoms with Crippen LogP contribution in [0.15, 0.2) is 97.2 Å². The summed E-state index contributed by atoms with van der Waals surface area (Å²) in [4.78, 5) is 17.3. The maximum absolute atomic E-state index is 12.7. The Labute approximate surface area is 321 Å². The van der Waals surface area contributed by atoms with Crippen molar-refractivity contribution in [3.63, 3.8) is 0 Å². The Morgan fingerprint density at radius 1 is 0.981 bits per heavy atom. The molecule has 0 fully saturated rings. The lowest BCUT2D eigenvalue weighted by atomic mass is 9.98. The number of hydrogen-bond donors (Lipinski definition) is 3. The van der Waals surface area contributed by atoms with E-state index in [1.807, 2.05) is 30.3 Å². The predicted octanol–water partition coefficient (Wildman–Crippen LogP) is 6.86. The molecule has 3 N–H and O–H groups in total. The van der Waals surface area contributed by atoms with Gasteiger partial charge in [-0.2, -0.15) is 4.57 Å². The van der Waals surface area contributed by atoms with E-state index in [1.54, 1.807) is 0 Å². The van der Waals surface area contributed by atoms with Gasteiger partial charge in [-0.1, -0.05) is 66.7 Å². The Morgan fingerprint density at radius 2 is 1.80 bits per heavy atom. The molecule has 6 rings (SSSR count). The maximum atomic E-state index is 12.7. The zero-order chi connectivity index (χ0) is 37.7. The van der Waals surface area contributed by atoms with Crippen molar-refractivity contribution in [2.45, 2.75) is 64.1 Å². The predicted molar refractivity (Wildman–Crippen MR) is 223 cm³/mol. The summed E-state index contributed by atoms with van der Waals surface area (Å²) in [6.45, 7) is 7.29. The second-order valence-corrected chi connectivity index (χ2v) is 15.0. The van der Waals surface area contributed by atoms with E-state index in [2.05, 4.69) is 125 Å². The number of amides is 1. The third-order valence-electron chi connectivity index (χ3n) is 10.3. The van der Waals surface area contributed by atoms with Crippen LogP contribution in [0.25, 0.3) is 33.8 Å². The molecule has 2 unspecified atom stereocenters. The van der Waals surface area contributed by atoms with Gasteiger partial charge in [-0.15, -0.1) is 0 Å². The SMILES string of the molecule is CC(CCCN(C)C)NC(=O)CCN1CCCc2cc(C=Cc3cc[n+](CCCNCC(O)COc4cccc5ccccc45)c4ccccc34)ccc21. The minimum atomic E-state index is -0.590. The topological polar surface area (TPSA) is 81.0 Å². The van der Waals surface area contributed by atoms with Crippen LogP contribution >= 0.6 is 0 Å². The highest BCUT2D eigenvalue weighted by Crippen LogP contribution is 2.29. The van der Waals surface area contributed by atoms with E-state index >= 15 is 0 Å². The number of rotatable bonds is 19. The number of anilines is 1. The van der Waals surface area contributed by atoms with Gasteiger partial charge in [0.1, 0.15) is 25.0 Å². The van der Waals surface area contributed by atoms with Gasteiger partial charge in [0.25, 0.3) is 0 Å². The average molecular weight is 729 g/mol. The number of pyridine rings is 1. The molecular formula is C46H58N5O3+. The van der Waals surface area contributed by atoms with E-state index < -0.39 is 6.10 Å². The first-order valence-corrected chi connectivity index (χ1v) is 19.7. The highest BCUT2D eigenvalue weighted by molar-refractivity contribution is 5.89. The average Bonchev–Trinajstić information content (AvgIpc) is 3.18. The Balaban J connectivity index is 0.978. The molecule has 5 aromatic rings. The number of hydrogen-bond acceptors (Lipinski definition) is 6. The lowest BCUT2D eigenvalue weighted by molar-refractivity contribution is -0.671. The number of ether oxygens (including phenoxy) is 1. The molecule has 0 saturated heterocycles. The fraction of sp³-hybridized carbons (Fsp3) is 0.391. The zero-order valence-electron chi connectivity index (χ0n) is 32.3. The highest BCUT2D eigenvalue weighted by Gasteiger charge is 2.19. The second-order valence-electron chi connectivity index (χ2n) is 15.0. The normalized spacial score (nSPS) is 14.1. The molecule has 2 atom stereocenters. The summed E-state index contributed by atoms with van der Waals surface area (Å²) in [6, 6.07) is 31.9. The van der Waals surface area contributed by atoms with Gasteiger partial charge in [-0.25, -0.2) is 0 Å². The zero-order valence-corrected chi connectivity index (χ0v) is 32.3. The number of carbonyl (C=O) groups excluding carboxylic acids is 1. The molecule has 1 aliphatic heterocycles. The number of aliphatic hydroxyl groups is 1. The summed E-state index contributed by atoms with van der Waals surface area (Å²) in [5, 5.41) is 20.6. The molecule has 1 aromatic heterocycles. The van der Waals surface area contributed by atoms with Crippen LogP contribution in [-0.2, 0) is 17.8 Å². The van der Waals surface area contributed by atoms with E-state index in [0.29, 0.717) is 13.0 Å². The van der Waals surface area contributed by atoms with Crippen LogP contribution in [0.5, 0.6) is 5.75 Å². The van der Waals surface area contributed by atoms with Gasteiger partial charge in [0.05, 0.1) is 5.39 Å². The molecular weight excluding hydrogens is 671 g/mol. The fourth-order valence-electron chi connectivity index (χ4n) is 7.44. The van der Waals surface area contributed by atoms with Gasteiger partial charge < -0.3 is 30.3 Å². The summed E-state index contributed by atoms with van der Waals surface area (Å²) >= 11 is 0. The standard InChI is InChI=1S/C46H57N5O3/c1-35(12-9-27-49(2)3)48-46(53)25-31-50-28-10-15-39-32-36(21-23-43(39)50)20-22-38-24-30-51(44-18-7-6-16-41(38)44)29-11-26-47-33-40(52)34-54-45-19-8-14-37-13-4-5-17-42(37)45/h4-8,13-14,16-24,30,32,35,40,47,52H,9-12,15,25-29,31,33-34H2,1-3H3/p+1. The summed E-state index contributed by atoms with van der Waals surface area (Å²) in [5.41, 5.74) is 6.20. The molecule has 1 aliphatic rings. The third kappa shape index (κ3) is 10.9. The van der Waals surface area contributed by atoms with Crippen LogP contribution in [0.2, 0.25) is 0 Å². The largest absolute Gasteiger partial charge is 0.490 e. The molecule has 8 nitrogen and oxygen atoms in total. The van der Waals surface area contributed by atoms with Crippen LogP contribution in [0.1, 0.15) is 55.7 Å². The summed E-state index contributed by atoms with van der Waals surface area (Å²) in [5.74, 6) is 0.940. The van der Waals surface area contributed by atoms with Gasteiger partial charge in [0.2, 0.25) is 11.4 Å². The first kappa shape index (κ1) is 38.9. The molecule has 8 heteroatoms. The molecule has 0 radical (unpaired) electrons. The molecule has 0 aliphatic carbocycles. The number of nitrogens with zero attached hydrogens (tertiary/aromatic N) is 3. The number of aromatic nitrogens is 1. The number of aliphatic hydroxyl groups excluding tert-OH is 1. The van der Waals surface area contributed by atoms with Crippen molar-refractivity contribution >= 4 is 45.4 Å². The third-order valence-corrected chi connectivity index (χ3v) is 10.3. The van der Waals surface area contributed by atoms with Crippen LogP contribution in [0.3, 0.4) is 0 Å². The minimum absolute atomic E-state index is 0.140. The van der Waals surface area contributed by atoms with Crippen LogP contribution in [-0.4, -0.2) is 81.5 Å². The molecule has 0 bridgehead atoms. The molecule has 2 heterocycles. The van der Waals surface area contributed by atoms with E-state index in [1.165, 1.54) is 33.3 Å². The number of benzene rings is 4. The maximum Gasteiger partial charge on any atom is 0.221 e. The fourth-order valence-corrected chi connectivity index (χ4v) is 7.44. The van der Waals surface area contributed by atoms with Gasteiger partial charge >= 0.3 is 0 Å². The van der Waals surface area contributed by atoms with Crippen molar-refractivity contribution in [1.29, 1.82) is 0 Å². The number of fused-ring (bicyclic) bond motifs is 3.